The molecule has 1 aliphatic rings. The molecule has 0 unspecified atom stereocenters. The Hall–Kier alpha value is -0.630. The second kappa shape index (κ2) is 3.26. The lowest BCUT2D eigenvalue weighted by atomic mass is 9.98. The summed E-state index contributed by atoms with van der Waals surface area (Å²) in [6.45, 7) is 0. The standard InChI is InChI=1S/C11H15NS/c1-13-8-11(5-6-11)9-3-2-4-10(12)7-9/h2-4,7H,5-6,8,12H2,1H3. The number of rotatable bonds is 3. The van der Waals surface area contributed by atoms with Crippen molar-refractivity contribution in [2.75, 3.05) is 17.7 Å². The van der Waals surface area contributed by atoms with E-state index in [0.717, 1.165) is 5.69 Å². The van der Waals surface area contributed by atoms with E-state index in [1.54, 1.807) is 0 Å². The van der Waals surface area contributed by atoms with Crippen LogP contribution in [0.25, 0.3) is 0 Å². The Morgan fingerprint density at radius 1 is 1.46 bits per heavy atom. The lowest BCUT2D eigenvalue weighted by Crippen LogP contribution is -2.09. The van der Waals surface area contributed by atoms with Gasteiger partial charge in [0.25, 0.3) is 0 Å². The van der Waals surface area contributed by atoms with Gasteiger partial charge in [-0.15, -0.1) is 0 Å². The van der Waals surface area contributed by atoms with Crippen LogP contribution in [0, 0.1) is 0 Å². The van der Waals surface area contributed by atoms with Crippen LogP contribution in [0.2, 0.25) is 0 Å². The fraction of sp³-hybridized carbons (Fsp3) is 0.455. The van der Waals surface area contributed by atoms with Crippen molar-refractivity contribution in [3.05, 3.63) is 29.8 Å². The first kappa shape index (κ1) is 8.95. The van der Waals surface area contributed by atoms with E-state index in [-0.39, 0.29) is 0 Å². The molecule has 70 valence electrons. The molecule has 1 nitrogen and oxygen atoms in total. The normalized spacial score (nSPS) is 18.5. The van der Waals surface area contributed by atoms with Crippen LogP contribution in [-0.2, 0) is 5.41 Å². The van der Waals surface area contributed by atoms with Crippen molar-refractivity contribution in [2.45, 2.75) is 18.3 Å². The van der Waals surface area contributed by atoms with Gasteiger partial charge in [-0.25, -0.2) is 0 Å². The van der Waals surface area contributed by atoms with Gasteiger partial charge in [0.2, 0.25) is 0 Å². The number of hydrogen-bond acceptors (Lipinski definition) is 2. The molecule has 2 rings (SSSR count). The SMILES string of the molecule is CSCC1(c2cccc(N)c2)CC1. The van der Waals surface area contributed by atoms with E-state index in [1.165, 1.54) is 24.2 Å². The fourth-order valence-corrected chi connectivity index (χ4v) is 2.82. The van der Waals surface area contributed by atoms with Crippen molar-refractivity contribution in [3.8, 4) is 0 Å². The highest BCUT2D eigenvalue weighted by atomic mass is 32.2. The Balaban J connectivity index is 2.25. The van der Waals surface area contributed by atoms with E-state index in [1.807, 2.05) is 17.8 Å². The van der Waals surface area contributed by atoms with Crippen molar-refractivity contribution in [1.29, 1.82) is 0 Å². The van der Waals surface area contributed by atoms with E-state index in [2.05, 4.69) is 24.5 Å². The molecular formula is C11H15NS. The molecule has 1 aromatic rings. The van der Waals surface area contributed by atoms with E-state index < -0.39 is 0 Å². The van der Waals surface area contributed by atoms with Gasteiger partial charge in [0.15, 0.2) is 0 Å². The Labute approximate surface area is 83.7 Å². The number of nitrogens with two attached hydrogens (primary N) is 1. The summed E-state index contributed by atoms with van der Waals surface area (Å²) >= 11 is 1.93. The van der Waals surface area contributed by atoms with Gasteiger partial charge in [-0.05, 0) is 36.8 Å². The molecule has 0 radical (unpaired) electrons. The van der Waals surface area contributed by atoms with Crippen molar-refractivity contribution in [2.24, 2.45) is 0 Å². The van der Waals surface area contributed by atoms with E-state index >= 15 is 0 Å². The van der Waals surface area contributed by atoms with E-state index in [4.69, 9.17) is 5.73 Å². The Morgan fingerprint density at radius 2 is 2.23 bits per heavy atom. The molecule has 0 spiro atoms. The molecule has 2 N–H and O–H groups in total. The minimum atomic E-state index is 0.467. The van der Waals surface area contributed by atoms with Crippen molar-refractivity contribution in [1.82, 2.24) is 0 Å². The summed E-state index contributed by atoms with van der Waals surface area (Å²) in [7, 11) is 0. The highest BCUT2D eigenvalue weighted by Crippen LogP contribution is 2.50. The summed E-state index contributed by atoms with van der Waals surface area (Å²) in [5, 5.41) is 0. The highest BCUT2D eigenvalue weighted by molar-refractivity contribution is 7.98. The van der Waals surface area contributed by atoms with Crippen LogP contribution in [0.4, 0.5) is 5.69 Å². The number of thioether (sulfide) groups is 1. The van der Waals surface area contributed by atoms with Crippen LogP contribution in [0.15, 0.2) is 24.3 Å². The van der Waals surface area contributed by atoms with Crippen LogP contribution in [0.1, 0.15) is 18.4 Å². The average Bonchev–Trinajstić information content (AvgIpc) is 2.86. The van der Waals surface area contributed by atoms with Gasteiger partial charge < -0.3 is 5.73 Å². The number of hydrogen-bond donors (Lipinski definition) is 1. The monoisotopic (exact) mass is 193 g/mol. The molecule has 1 saturated carbocycles. The molecule has 1 aliphatic carbocycles. The van der Waals surface area contributed by atoms with Crippen molar-refractivity contribution >= 4 is 17.4 Å². The molecule has 0 saturated heterocycles. The van der Waals surface area contributed by atoms with Crippen molar-refractivity contribution < 1.29 is 0 Å². The third-order valence-electron chi connectivity index (χ3n) is 2.77. The van der Waals surface area contributed by atoms with Gasteiger partial charge in [-0.3, -0.25) is 0 Å². The molecule has 1 aromatic carbocycles. The van der Waals surface area contributed by atoms with Gasteiger partial charge in [0.05, 0.1) is 0 Å². The van der Waals surface area contributed by atoms with Crippen LogP contribution >= 0.6 is 11.8 Å². The maximum absolute atomic E-state index is 5.77. The molecule has 0 amide bonds. The first-order valence-corrected chi connectivity index (χ1v) is 6.01. The smallest absolute Gasteiger partial charge is 0.0316 e. The summed E-state index contributed by atoms with van der Waals surface area (Å²) in [5.41, 5.74) is 8.57. The van der Waals surface area contributed by atoms with Gasteiger partial charge >= 0.3 is 0 Å². The summed E-state index contributed by atoms with van der Waals surface area (Å²) in [6, 6.07) is 8.35. The third kappa shape index (κ3) is 1.68. The van der Waals surface area contributed by atoms with Gasteiger partial charge in [0.1, 0.15) is 0 Å². The van der Waals surface area contributed by atoms with Crippen LogP contribution in [0.5, 0.6) is 0 Å². The number of benzene rings is 1. The molecular weight excluding hydrogens is 178 g/mol. The lowest BCUT2D eigenvalue weighted by Gasteiger charge is -2.14. The summed E-state index contributed by atoms with van der Waals surface area (Å²) in [6.07, 6.45) is 4.83. The van der Waals surface area contributed by atoms with E-state index in [0.29, 0.717) is 5.41 Å². The van der Waals surface area contributed by atoms with Crippen molar-refractivity contribution in [3.63, 3.8) is 0 Å². The van der Waals surface area contributed by atoms with Crippen LogP contribution in [-0.4, -0.2) is 12.0 Å². The molecule has 13 heavy (non-hydrogen) atoms. The highest BCUT2D eigenvalue weighted by Gasteiger charge is 2.43. The maximum Gasteiger partial charge on any atom is 0.0316 e. The average molecular weight is 193 g/mol. The molecule has 0 aromatic heterocycles. The predicted molar refractivity (Wildman–Crippen MR) is 60.1 cm³/mol. The summed E-state index contributed by atoms with van der Waals surface area (Å²) in [5.74, 6) is 1.23. The zero-order valence-corrected chi connectivity index (χ0v) is 8.73. The fourth-order valence-electron chi connectivity index (χ4n) is 1.81. The predicted octanol–water partition coefficient (Wildman–Crippen LogP) is 2.66. The first-order chi connectivity index (χ1) is 6.27. The molecule has 0 aliphatic heterocycles. The van der Waals surface area contributed by atoms with Gasteiger partial charge in [-0.2, -0.15) is 11.8 Å². The quantitative estimate of drug-likeness (QED) is 0.747. The van der Waals surface area contributed by atoms with Gasteiger partial charge in [0, 0.05) is 16.9 Å². The zero-order chi connectivity index (χ0) is 9.31. The minimum absolute atomic E-state index is 0.467. The first-order valence-electron chi connectivity index (χ1n) is 4.62. The van der Waals surface area contributed by atoms with E-state index in [9.17, 15) is 0 Å². The van der Waals surface area contributed by atoms with Crippen LogP contribution < -0.4 is 5.73 Å². The second-order valence-electron chi connectivity index (χ2n) is 3.84. The molecule has 0 atom stereocenters. The zero-order valence-electron chi connectivity index (χ0n) is 7.92. The second-order valence-corrected chi connectivity index (χ2v) is 4.70. The maximum atomic E-state index is 5.77. The molecule has 2 heteroatoms. The third-order valence-corrected chi connectivity index (χ3v) is 3.61. The Kier molecular flexibility index (Phi) is 2.24. The lowest BCUT2D eigenvalue weighted by molar-refractivity contribution is 0.804. The van der Waals surface area contributed by atoms with Gasteiger partial charge in [-0.1, -0.05) is 12.1 Å². The Morgan fingerprint density at radius 3 is 2.77 bits per heavy atom. The Bertz CT molecular complexity index is 305. The minimum Gasteiger partial charge on any atom is -0.399 e. The number of nitrogen functional groups attached to an aromatic ring is 1. The van der Waals surface area contributed by atoms with Crippen LogP contribution in [0.3, 0.4) is 0 Å². The molecule has 0 heterocycles. The summed E-state index contributed by atoms with van der Waals surface area (Å²) in [4.78, 5) is 0. The number of anilines is 1. The summed E-state index contributed by atoms with van der Waals surface area (Å²) < 4.78 is 0. The molecule has 1 fully saturated rings. The topological polar surface area (TPSA) is 26.0 Å². The molecule has 0 bridgehead atoms. The largest absolute Gasteiger partial charge is 0.399 e.